The zero-order valence-electron chi connectivity index (χ0n) is 7.37. The lowest BCUT2D eigenvalue weighted by Gasteiger charge is -2.03. The van der Waals surface area contributed by atoms with Crippen LogP contribution in [-0.2, 0) is 0 Å². The van der Waals surface area contributed by atoms with Crippen molar-refractivity contribution in [2.75, 3.05) is 7.11 Å². The Morgan fingerprint density at radius 3 is 2.83 bits per heavy atom. The molecule has 1 heterocycles. The number of ether oxygens (including phenoxy) is 1. The van der Waals surface area contributed by atoms with Crippen LogP contribution in [0.5, 0.6) is 5.88 Å². The first-order valence-corrected chi connectivity index (χ1v) is 4.19. The molecule has 0 aromatic carbocycles. The van der Waals surface area contributed by atoms with E-state index in [0.717, 1.165) is 11.4 Å². The van der Waals surface area contributed by atoms with E-state index in [1.54, 1.807) is 7.11 Å². The Labute approximate surface area is 71.8 Å². The van der Waals surface area contributed by atoms with E-state index in [1.807, 2.05) is 13.1 Å². The first-order valence-electron chi connectivity index (χ1n) is 4.19. The van der Waals surface area contributed by atoms with E-state index in [4.69, 9.17) is 4.74 Å². The molecule has 0 saturated heterocycles. The Bertz CT molecular complexity index is 295. The summed E-state index contributed by atoms with van der Waals surface area (Å²) in [5.41, 5.74) is 1.00. The molecule has 0 unspecified atom stereocenters. The highest BCUT2D eigenvalue weighted by Crippen LogP contribution is 2.38. The second-order valence-electron chi connectivity index (χ2n) is 3.19. The molecule has 3 heteroatoms. The molecule has 0 amide bonds. The molecule has 1 aromatic heterocycles. The van der Waals surface area contributed by atoms with Gasteiger partial charge in [0.25, 0.3) is 0 Å². The summed E-state index contributed by atoms with van der Waals surface area (Å²) < 4.78 is 5.11. The van der Waals surface area contributed by atoms with Crippen molar-refractivity contribution in [3.63, 3.8) is 0 Å². The second kappa shape index (κ2) is 2.73. The van der Waals surface area contributed by atoms with Gasteiger partial charge in [-0.1, -0.05) is 0 Å². The van der Waals surface area contributed by atoms with Gasteiger partial charge in [0.2, 0.25) is 5.88 Å². The van der Waals surface area contributed by atoms with E-state index in [9.17, 15) is 0 Å². The van der Waals surface area contributed by atoms with Crippen molar-refractivity contribution in [3.05, 3.63) is 17.6 Å². The number of aryl methyl sites for hydroxylation is 1. The summed E-state index contributed by atoms with van der Waals surface area (Å²) in [6, 6.07) is 0. The van der Waals surface area contributed by atoms with E-state index >= 15 is 0 Å². The van der Waals surface area contributed by atoms with Gasteiger partial charge in [-0.05, 0) is 19.8 Å². The lowest BCUT2D eigenvalue weighted by atomic mass is 10.3. The van der Waals surface area contributed by atoms with Crippen molar-refractivity contribution >= 4 is 0 Å². The van der Waals surface area contributed by atoms with Crippen LogP contribution in [0.15, 0.2) is 6.20 Å². The Morgan fingerprint density at radius 1 is 1.50 bits per heavy atom. The summed E-state index contributed by atoms with van der Waals surface area (Å²) in [5.74, 6) is 2.25. The maximum absolute atomic E-state index is 5.11. The fourth-order valence-corrected chi connectivity index (χ4v) is 1.18. The summed E-state index contributed by atoms with van der Waals surface area (Å²) in [5, 5.41) is 0. The van der Waals surface area contributed by atoms with Gasteiger partial charge in [-0.3, -0.25) is 0 Å². The topological polar surface area (TPSA) is 35.0 Å². The van der Waals surface area contributed by atoms with Crippen molar-refractivity contribution in [2.24, 2.45) is 0 Å². The van der Waals surface area contributed by atoms with Crippen molar-refractivity contribution < 1.29 is 4.74 Å². The third-order valence-corrected chi connectivity index (χ3v) is 2.08. The van der Waals surface area contributed by atoms with Gasteiger partial charge in [-0.25, -0.2) is 4.98 Å². The first-order chi connectivity index (χ1) is 5.81. The first kappa shape index (κ1) is 7.53. The van der Waals surface area contributed by atoms with Gasteiger partial charge < -0.3 is 4.74 Å². The van der Waals surface area contributed by atoms with Crippen molar-refractivity contribution in [1.82, 2.24) is 9.97 Å². The minimum Gasteiger partial charge on any atom is -0.481 e. The molecule has 12 heavy (non-hydrogen) atoms. The summed E-state index contributed by atoms with van der Waals surface area (Å²) in [6.07, 6.45) is 4.29. The van der Waals surface area contributed by atoms with E-state index in [1.165, 1.54) is 12.8 Å². The molecule has 64 valence electrons. The molecule has 1 aliphatic rings. The molecule has 0 radical (unpaired) electrons. The maximum atomic E-state index is 5.11. The van der Waals surface area contributed by atoms with Crippen LogP contribution in [-0.4, -0.2) is 17.1 Å². The van der Waals surface area contributed by atoms with Crippen molar-refractivity contribution in [3.8, 4) is 5.88 Å². The lowest BCUT2D eigenvalue weighted by molar-refractivity contribution is 0.391. The zero-order chi connectivity index (χ0) is 8.55. The molecule has 0 aliphatic heterocycles. The summed E-state index contributed by atoms with van der Waals surface area (Å²) in [6.45, 7) is 1.95. The molecule has 1 aromatic rings. The van der Waals surface area contributed by atoms with E-state index in [-0.39, 0.29) is 0 Å². The Balaban J connectivity index is 2.33. The number of aromatic nitrogens is 2. The van der Waals surface area contributed by atoms with Gasteiger partial charge in [0.15, 0.2) is 0 Å². The van der Waals surface area contributed by atoms with Gasteiger partial charge in [-0.2, -0.15) is 4.98 Å². The highest BCUT2D eigenvalue weighted by molar-refractivity contribution is 5.23. The average Bonchev–Trinajstić information content (AvgIpc) is 2.88. The predicted molar refractivity (Wildman–Crippen MR) is 45.3 cm³/mol. The molecule has 1 fully saturated rings. The lowest BCUT2D eigenvalue weighted by Crippen LogP contribution is -1.97. The van der Waals surface area contributed by atoms with Crippen LogP contribution < -0.4 is 4.74 Å². The van der Waals surface area contributed by atoms with Gasteiger partial charge in [0, 0.05) is 17.7 Å². The Hall–Kier alpha value is -1.12. The van der Waals surface area contributed by atoms with Crippen LogP contribution in [0.25, 0.3) is 0 Å². The van der Waals surface area contributed by atoms with Crippen LogP contribution in [0.3, 0.4) is 0 Å². The number of hydrogen-bond donors (Lipinski definition) is 0. The highest BCUT2D eigenvalue weighted by atomic mass is 16.5. The molecular weight excluding hydrogens is 152 g/mol. The van der Waals surface area contributed by atoms with Gasteiger partial charge >= 0.3 is 0 Å². The zero-order valence-corrected chi connectivity index (χ0v) is 7.37. The predicted octanol–water partition coefficient (Wildman–Crippen LogP) is 1.67. The molecule has 0 bridgehead atoms. The number of hydrogen-bond acceptors (Lipinski definition) is 3. The number of nitrogens with zero attached hydrogens (tertiary/aromatic N) is 2. The van der Waals surface area contributed by atoms with Crippen LogP contribution in [0.2, 0.25) is 0 Å². The van der Waals surface area contributed by atoms with E-state index < -0.39 is 0 Å². The summed E-state index contributed by atoms with van der Waals surface area (Å²) >= 11 is 0. The molecule has 1 saturated carbocycles. The molecule has 0 N–H and O–H groups in total. The molecule has 1 aliphatic carbocycles. The third-order valence-electron chi connectivity index (χ3n) is 2.08. The largest absolute Gasteiger partial charge is 0.481 e. The quantitative estimate of drug-likeness (QED) is 0.667. The van der Waals surface area contributed by atoms with Gasteiger partial charge in [0.05, 0.1) is 7.11 Å². The Kier molecular flexibility index (Phi) is 1.71. The normalized spacial score (nSPS) is 16.2. The van der Waals surface area contributed by atoms with E-state index in [0.29, 0.717) is 11.8 Å². The standard InChI is InChI=1S/C9H12N2O/c1-6-5-10-8(7-3-4-7)11-9(6)12-2/h5,7H,3-4H2,1-2H3. The Morgan fingerprint density at radius 2 is 2.25 bits per heavy atom. The smallest absolute Gasteiger partial charge is 0.219 e. The van der Waals surface area contributed by atoms with Crippen LogP contribution >= 0.6 is 0 Å². The molecule has 3 nitrogen and oxygen atoms in total. The summed E-state index contributed by atoms with van der Waals surface area (Å²) in [4.78, 5) is 8.58. The number of rotatable bonds is 2. The number of methoxy groups -OCH3 is 1. The second-order valence-corrected chi connectivity index (χ2v) is 3.19. The minimum absolute atomic E-state index is 0.597. The third kappa shape index (κ3) is 1.26. The molecular formula is C9H12N2O. The van der Waals surface area contributed by atoms with Crippen LogP contribution in [0, 0.1) is 6.92 Å². The fraction of sp³-hybridized carbons (Fsp3) is 0.556. The van der Waals surface area contributed by atoms with Crippen LogP contribution in [0.1, 0.15) is 30.1 Å². The van der Waals surface area contributed by atoms with Gasteiger partial charge in [0.1, 0.15) is 5.82 Å². The SMILES string of the molecule is COc1nc(C2CC2)ncc1C. The molecule has 0 spiro atoms. The fourth-order valence-electron chi connectivity index (χ4n) is 1.18. The highest BCUT2D eigenvalue weighted by Gasteiger charge is 2.26. The molecule has 0 atom stereocenters. The van der Waals surface area contributed by atoms with Crippen LogP contribution in [0.4, 0.5) is 0 Å². The van der Waals surface area contributed by atoms with Crippen molar-refractivity contribution in [1.29, 1.82) is 0 Å². The molecule has 2 rings (SSSR count). The monoisotopic (exact) mass is 164 g/mol. The minimum atomic E-state index is 0.597. The maximum Gasteiger partial charge on any atom is 0.219 e. The average molecular weight is 164 g/mol. The van der Waals surface area contributed by atoms with Gasteiger partial charge in [-0.15, -0.1) is 0 Å². The van der Waals surface area contributed by atoms with Crippen molar-refractivity contribution in [2.45, 2.75) is 25.7 Å². The van der Waals surface area contributed by atoms with E-state index in [2.05, 4.69) is 9.97 Å². The summed E-state index contributed by atoms with van der Waals surface area (Å²) in [7, 11) is 1.64.